The average Bonchev–Trinajstić information content (AvgIpc) is 2.66. The number of hydrogen-bond donors (Lipinski definition) is 2. The third-order valence-electron chi connectivity index (χ3n) is 3.82. The maximum Gasteiger partial charge on any atom is 0.240 e. The highest BCUT2D eigenvalue weighted by atomic mass is 35.5. The molecule has 0 fully saturated rings. The van der Waals surface area contributed by atoms with Crippen molar-refractivity contribution < 1.29 is 19.0 Å². The number of halogens is 1. The van der Waals surface area contributed by atoms with Crippen molar-refractivity contribution in [3.8, 4) is 11.5 Å². The minimum atomic E-state index is -0.747. The molecule has 26 heavy (non-hydrogen) atoms. The number of hydrogen-bond acceptors (Lipinski definition) is 5. The Morgan fingerprint density at radius 3 is 1.92 bits per heavy atom. The molecular weight excluding hydrogens is 356 g/mol. The first-order valence-electron chi connectivity index (χ1n) is 7.91. The fourth-order valence-electron chi connectivity index (χ4n) is 2.51. The van der Waals surface area contributed by atoms with Gasteiger partial charge in [-0.3, -0.25) is 4.79 Å². The predicted octanol–water partition coefficient (Wildman–Crippen LogP) is 2.30. The van der Waals surface area contributed by atoms with E-state index >= 15 is 0 Å². The zero-order chi connectivity index (χ0) is 18.2. The monoisotopic (exact) mass is 380 g/mol. The number of ether oxygens (including phenoxy) is 3. The number of carbonyl (C=O) groups is 1. The van der Waals surface area contributed by atoms with Gasteiger partial charge in [0.25, 0.3) is 0 Å². The lowest BCUT2D eigenvalue weighted by Crippen LogP contribution is -2.45. The van der Waals surface area contributed by atoms with Crippen molar-refractivity contribution in [2.24, 2.45) is 5.73 Å². The summed E-state index contributed by atoms with van der Waals surface area (Å²) in [4.78, 5) is 12.4. The summed E-state index contributed by atoms with van der Waals surface area (Å²) < 4.78 is 15.6. The Bertz CT molecular complexity index is 664. The van der Waals surface area contributed by atoms with Crippen LogP contribution in [0.2, 0.25) is 0 Å². The second kappa shape index (κ2) is 10.7. The highest BCUT2D eigenvalue weighted by molar-refractivity contribution is 5.85. The number of rotatable bonds is 8. The van der Waals surface area contributed by atoms with Gasteiger partial charge >= 0.3 is 0 Å². The SMILES string of the molecule is COCC(N)C(=O)NC(c1cccc(OC)c1)c1cccc(OC)c1.Cl. The second-order valence-electron chi connectivity index (χ2n) is 5.56. The fourth-order valence-corrected chi connectivity index (χ4v) is 2.51. The van der Waals surface area contributed by atoms with Crippen molar-refractivity contribution in [2.45, 2.75) is 12.1 Å². The summed E-state index contributed by atoms with van der Waals surface area (Å²) in [5.74, 6) is 1.12. The summed E-state index contributed by atoms with van der Waals surface area (Å²) in [7, 11) is 4.72. The van der Waals surface area contributed by atoms with E-state index in [1.165, 1.54) is 7.11 Å². The van der Waals surface area contributed by atoms with Gasteiger partial charge in [0.2, 0.25) is 5.91 Å². The van der Waals surface area contributed by atoms with Crippen LogP contribution in [-0.4, -0.2) is 39.9 Å². The molecule has 1 amide bonds. The van der Waals surface area contributed by atoms with E-state index in [-0.39, 0.29) is 31.0 Å². The first kappa shape index (κ1) is 21.8. The molecule has 6 nitrogen and oxygen atoms in total. The van der Waals surface area contributed by atoms with Crippen molar-refractivity contribution in [3.63, 3.8) is 0 Å². The van der Waals surface area contributed by atoms with Crippen LogP contribution in [0.15, 0.2) is 48.5 Å². The Labute approximate surface area is 160 Å². The first-order chi connectivity index (χ1) is 12.1. The summed E-state index contributed by atoms with van der Waals surface area (Å²) in [5, 5.41) is 2.98. The molecule has 0 radical (unpaired) electrons. The number of nitrogens with one attached hydrogen (secondary N) is 1. The molecule has 0 bridgehead atoms. The summed E-state index contributed by atoms with van der Waals surface area (Å²) in [6.45, 7) is 0.148. The maximum atomic E-state index is 12.4. The molecule has 0 aliphatic rings. The molecule has 0 heterocycles. The minimum Gasteiger partial charge on any atom is -0.497 e. The Balaban J connectivity index is 0.00000338. The van der Waals surface area contributed by atoms with Crippen LogP contribution in [0.25, 0.3) is 0 Å². The van der Waals surface area contributed by atoms with Crippen LogP contribution in [0.3, 0.4) is 0 Å². The zero-order valence-corrected chi connectivity index (χ0v) is 15.9. The van der Waals surface area contributed by atoms with Crippen LogP contribution >= 0.6 is 12.4 Å². The van der Waals surface area contributed by atoms with E-state index in [4.69, 9.17) is 19.9 Å². The standard InChI is InChI=1S/C19H24N2O4.ClH/c1-23-12-17(20)19(22)21-18(13-6-4-8-15(10-13)24-2)14-7-5-9-16(11-14)25-3;/h4-11,17-18H,12,20H2,1-3H3,(H,21,22);1H. The topological polar surface area (TPSA) is 82.8 Å². The van der Waals surface area contributed by atoms with Gasteiger partial charge in [0, 0.05) is 7.11 Å². The molecule has 7 heteroatoms. The van der Waals surface area contributed by atoms with E-state index in [1.807, 2.05) is 48.5 Å². The summed E-state index contributed by atoms with van der Waals surface area (Å²) in [5.41, 5.74) is 7.62. The molecule has 0 spiro atoms. The molecule has 0 saturated carbocycles. The van der Waals surface area contributed by atoms with Gasteiger partial charge in [-0.2, -0.15) is 0 Å². The third kappa shape index (κ3) is 5.62. The summed E-state index contributed by atoms with van der Waals surface area (Å²) >= 11 is 0. The number of benzene rings is 2. The van der Waals surface area contributed by atoms with Crippen LogP contribution in [0, 0.1) is 0 Å². The highest BCUT2D eigenvalue weighted by Crippen LogP contribution is 2.27. The fraction of sp³-hybridized carbons (Fsp3) is 0.316. The normalized spacial score (nSPS) is 11.4. The average molecular weight is 381 g/mol. The Morgan fingerprint density at radius 2 is 1.50 bits per heavy atom. The molecule has 1 atom stereocenters. The van der Waals surface area contributed by atoms with Crippen LogP contribution < -0.4 is 20.5 Å². The smallest absolute Gasteiger partial charge is 0.240 e. The van der Waals surface area contributed by atoms with Gasteiger partial charge in [0.05, 0.1) is 26.9 Å². The number of methoxy groups -OCH3 is 3. The van der Waals surface area contributed by atoms with Crippen LogP contribution in [0.5, 0.6) is 11.5 Å². The van der Waals surface area contributed by atoms with Gasteiger partial charge in [-0.05, 0) is 35.4 Å². The molecule has 2 aromatic rings. The lowest BCUT2D eigenvalue weighted by atomic mass is 9.97. The molecule has 2 aromatic carbocycles. The van der Waals surface area contributed by atoms with Crippen LogP contribution in [0.1, 0.15) is 17.2 Å². The zero-order valence-electron chi connectivity index (χ0n) is 15.1. The first-order valence-corrected chi connectivity index (χ1v) is 7.91. The van der Waals surface area contributed by atoms with Gasteiger partial charge in [0.1, 0.15) is 17.5 Å². The predicted molar refractivity (Wildman–Crippen MR) is 103 cm³/mol. The van der Waals surface area contributed by atoms with Crippen molar-refractivity contribution >= 4 is 18.3 Å². The van der Waals surface area contributed by atoms with E-state index in [9.17, 15) is 4.79 Å². The molecule has 0 aliphatic heterocycles. The van der Waals surface area contributed by atoms with E-state index in [0.717, 1.165) is 11.1 Å². The van der Waals surface area contributed by atoms with Crippen molar-refractivity contribution in [1.29, 1.82) is 0 Å². The summed E-state index contributed by atoms with van der Waals surface area (Å²) in [6, 6.07) is 13.9. The molecule has 2 rings (SSSR count). The molecule has 3 N–H and O–H groups in total. The Kier molecular flexibility index (Phi) is 8.92. The summed E-state index contributed by atoms with van der Waals surface area (Å²) in [6.07, 6.45) is 0. The molecule has 1 unspecified atom stereocenters. The van der Waals surface area contributed by atoms with E-state index < -0.39 is 6.04 Å². The lowest BCUT2D eigenvalue weighted by molar-refractivity contribution is -0.123. The Morgan fingerprint density at radius 1 is 1.00 bits per heavy atom. The molecule has 0 aromatic heterocycles. The molecule has 0 aliphatic carbocycles. The number of nitrogens with two attached hydrogens (primary N) is 1. The quantitative estimate of drug-likeness (QED) is 0.734. The van der Waals surface area contributed by atoms with E-state index in [1.54, 1.807) is 14.2 Å². The van der Waals surface area contributed by atoms with Crippen molar-refractivity contribution in [2.75, 3.05) is 27.9 Å². The van der Waals surface area contributed by atoms with Crippen molar-refractivity contribution in [1.82, 2.24) is 5.32 Å². The number of amides is 1. The second-order valence-corrected chi connectivity index (χ2v) is 5.56. The van der Waals surface area contributed by atoms with Gasteiger partial charge < -0.3 is 25.3 Å². The number of carbonyl (C=O) groups excluding carboxylic acids is 1. The molecule has 0 saturated heterocycles. The van der Waals surface area contributed by atoms with Gasteiger partial charge in [-0.15, -0.1) is 12.4 Å². The van der Waals surface area contributed by atoms with Gasteiger partial charge in [-0.25, -0.2) is 0 Å². The molecular formula is C19H25ClN2O4. The third-order valence-corrected chi connectivity index (χ3v) is 3.82. The maximum absolute atomic E-state index is 12.4. The largest absolute Gasteiger partial charge is 0.497 e. The minimum absolute atomic E-state index is 0. The highest BCUT2D eigenvalue weighted by Gasteiger charge is 2.21. The lowest BCUT2D eigenvalue weighted by Gasteiger charge is -2.22. The van der Waals surface area contributed by atoms with Gasteiger partial charge in [-0.1, -0.05) is 24.3 Å². The Hall–Kier alpha value is -2.28. The van der Waals surface area contributed by atoms with Crippen LogP contribution in [-0.2, 0) is 9.53 Å². The van der Waals surface area contributed by atoms with Crippen LogP contribution in [0.4, 0.5) is 0 Å². The van der Waals surface area contributed by atoms with E-state index in [2.05, 4.69) is 5.32 Å². The van der Waals surface area contributed by atoms with E-state index in [0.29, 0.717) is 11.5 Å². The van der Waals surface area contributed by atoms with Crippen molar-refractivity contribution in [3.05, 3.63) is 59.7 Å². The van der Waals surface area contributed by atoms with Gasteiger partial charge in [0.15, 0.2) is 0 Å². The molecule has 142 valence electrons.